The fraction of sp³-hybridized carbons (Fsp3) is 0.500. The first-order valence-corrected chi connectivity index (χ1v) is 6.69. The van der Waals surface area contributed by atoms with E-state index in [4.69, 9.17) is 0 Å². The topological polar surface area (TPSA) is 17.8 Å². The lowest BCUT2D eigenvalue weighted by molar-refractivity contribution is -0.137. The molecule has 2 aromatic rings. The first-order valence-electron chi connectivity index (χ1n) is 6.69. The smallest absolute Gasteiger partial charge is 0.322 e. The van der Waals surface area contributed by atoms with Crippen LogP contribution >= 0.6 is 0 Å². The molecule has 0 spiro atoms. The molecule has 7 heteroatoms. The Bertz CT molecular complexity index is 655. The second-order valence-electron chi connectivity index (χ2n) is 5.38. The van der Waals surface area contributed by atoms with Gasteiger partial charge in [0, 0.05) is 6.42 Å². The summed E-state index contributed by atoms with van der Waals surface area (Å²) in [6, 6.07) is 3.08. The highest BCUT2D eigenvalue weighted by Crippen LogP contribution is 2.35. The fourth-order valence-corrected chi connectivity index (χ4v) is 2.43. The van der Waals surface area contributed by atoms with Crippen molar-refractivity contribution in [2.45, 2.75) is 38.4 Å². The highest BCUT2D eigenvalue weighted by molar-refractivity contribution is 5.77. The molecule has 1 aliphatic rings. The van der Waals surface area contributed by atoms with Gasteiger partial charge in [-0.2, -0.15) is 13.2 Å². The number of imidazole rings is 1. The molecule has 1 aromatic heterocycles. The van der Waals surface area contributed by atoms with Crippen molar-refractivity contribution < 1.29 is 22.0 Å². The Hall–Kier alpha value is -1.66. The summed E-state index contributed by atoms with van der Waals surface area (Å²) >= 11 is 0. The molecule has 2 nitrogen and oxygen atoms in total. The van der Waals surface area contributed by atoms with Crippen LogP contribution in [0.5, 0.6) is 0 Å². The number of fused-ring (bicyclic) bond motifs is 1. The molecule has 0 N–H and O–H groups in total. The molecule has 114 valence electrons. The molecule has 1 aliphatic carbocycles. The number of aromatic nitrogens is 2. The van der Waals surface area contributed by atoms with Crippen LogP contribution < -0.4 is 0 Å². The van der Waals surface area contributed by atoms with E-state index in [1.165, 1.54) is 10.6 Å². The highest BCUT2D eigenvalue weighted by Gasteiger charge is 2.32. The maximum absolute atomic E-state index is 12.8. The predicted octanol–water partition coefficient (Wildman–Crippen LogP) is 4.27. The Balaban J connectivity index is 2.09. The van der Waals surface area contributed by atoms with E-state index in [-0.39, 0.29) is 5.52 Å². The molecule has 1 heterocycles. The Morgan fingerprint density at radius 1 is 1.24 bits per heavy atom. The molecule has 0 aliphatic heterocycles. The first-order chi connectivity index (χ1) is 9.84. The van der Waals surface area contributed by atoms with Gasteiger partial charge in [0.1, 0.15) is 5.82 Å². The van der Waals surface area contributed by atoms with Gasteiger partial charge >= 0.3 is 6.18 Å². The van der Waals surface area contributed by atoms with Crippen LogP contribution in [-0.2, 0) is 19.1 Å². The van der Waals surface area contributed by atoms with Gasteiger partial charge in [-0.15, -0.1) is 0 Å². The normalized spacial score (nSPS) is 16.1. The zero-order valence-electron chi connectivity index (χ0n) is 11.0. The lowest BCUT2D eigenvalue weighted by Gasteiger charge is -2.10. The van der Waals surface area contributed by atoms with Crippen molar-refractivity contribution in [2.24, 2.45) is 5.92 Å². The minimum Gasteiger partial charge on any atom is -0.322 e. The summed E-state index contributed by atoms with van der Waals surface area (Å²) in [6.07, 6.45) is -4.54. The Labute approximate surface area is 117 Å². The summed E-state index contributed by atoms with van der Waals surface area (Å²) in [7, 11) is 0. The Kier molecular flexibility index (Phi) is 3.37. The second-order valence-corrected chi connectivity index (χ2v) is 5.38. The van der Waals surface area contributed by atoms with E-state index in [0.717, 1.165) is 25.0 Å². The van der Waals surface area contributed by atoms with Crippen LogP contribution in [0.2, 0.25) is 0 Å². The van der Waals surface area contributed by atoms with E-state index < -0.39 is 24.7 Å². The van der Waals surface area contributed by atoms with Gasteiger partial charge in [0.2, 0.25) is 0 Å². The van der Waals surface area contributed by atoms with Crippen molar-refractivity contribution in [1.29, 1.82) is 0 Å². The third kappa shape index (κ3) is 3.01. The van der Waals surface area contributed by atoms with E-state index in [1.807, 2.05) is 0 Å². The molecule has 0 bridgehead atoms. The van der Waals surface area contributed by atoms with Gasteiger partial charge in [0.15, 0.2) is 0 Å². The second kappa shape index (κ2) is 4.96. The van der Waals surface area contributed by atoms with Crippen LogP contribution in [0.25, 0.3) is 11.0 Å². The highest BCUT2D eigenvalue weighted by atomic mass is 19.4. The molecule has 0 saturated heterocycles. The van der Waals surface area contributed by atoms with Crippen molar-refractivity contribution in [3.63, 3.8) is 0 Å². The Morgan fingerprint density at radius 3 is 2.52 bits per heavy atom. The molecular formula is C14H13F5N2. The van der Waals surface area contributed by atoms with Crippen LogP contribution in [0.3, 0.4) is 0 Å². The van der Waals surface area contributed by atoms with Crippen molar-refractivity contribution >= 4 is 11.0 Å². The van der Waals surface area contributed by atoms with E-state index in [0.29, 0.717) is 23.7 Å². The summed E-state index contributed by atoms with van der Waals surface area (Å²) in [6.45, 7) is -0.625. The van der Waals surface area contributed by atoms with Crippen LogP contribution in [0.15, 0.2) is 18.2 Å². The van der Waals surface area contributed by atoms with Gasteiger partial charge in [-0.3, -0.25) is 0 Å². The zero-order valence-corrected chi connectivity index (χ0v) is 11.0. The van der Waals surface area contributed by atoms with E-state index in [9.17, 15) is 22.0 Å². The van der Waals surface area contributed by atoms with Crippen molar-refractivity contribution in [2.75, 3.05) is 0 Å². The fourth-order valence-electron chi connectivity index (χ4n) is 2.43. The number of hydrogen-bond acceptors (Lipinski definition) is 1. The third-order valence-electron chi connectivity index (χ3n) is 3.64. The van der Waals surface area contributed by atoms with E-state index in [1.54, 1.807) is 0 Å². The number of halogens is 5. The van der Waals surface area contributed by atoms with Gasteiger partial charge in [-0.05, 0) is 37.0 Å². The molecule has 21 heavy (non-hydrogen) atoms. The maximum Gasteiger partial charge on any atom is 0.416 e. The quantitative estimate of drug-likeness (QED) is 0.771. The number of benzene rings is 1. The number of nitrogens with zero attached hydrogens (tertiary/aromatic N) is 2. The third-order valence-corrected chi connectivity index (χ3v) is 3.64. The molecule has 0 atom stereocenters. The molecule has 1 aromatic carbocycles. The van der Waals surface area contributed by atoms with Crippen molar-refractivity contribution in [3.05, 3.63) is 29.6 Å². The van der Waals surface area contributed by atoms with Crippen LogP contribution in [0.4, 0.5) is 22.0 Å². The first kappa shape index (κ1) is 14.3. The molecule has 3 rings (SSSR count). The van der Waals surface area contributed by atoms with Crippen LogP contribution in [0.1, 0.15) is 24.2 Å². The van der Waals surface area contributed by atoms with Crippen molar-refractivity contribution in [3.8, 4) is 0 Å². The summed E-state index contributed by atoms with van der Waals surface area (Å²) in [5.74, 6) is 0.868. The standard InChI is InChI=1S/C14H13F5N2/c15-12(16)7-21-11-6-9(14(17,18)19)3-4-10(11)20-13(21)5-8-1-2-8/h3-4,6,8,12H,1-2,5,7H2. The summed E-state index contributed by atoms with van der Waals surface area (Å²) in [5.41, 5.74) is -0.386. The van der Waals surface area contributed by atoms with Gasteiger partial charge in [-0.1, -0.05) is 0 Å². The van der Waals surface area contributed by atoms with Gasteiger partial charge < -0.3 is 4.57 Å². The average molecular weight is 304 g/mol. The molecule has 1 fully saturated rings. The summed E-state index contributed by atoms with van der Waals surface area (Å²) in [5, 5.41) is 0. The van der Waals surface area contributed by atoms with Gasteiger partial charge in [0.05, 0.1) is 23.1 Å². The zero-order chi connectivity index (χ0) is 15.2. The monoisotopic (exact) mass is 304 g/mol. The minimum atomic E-state index is -4.50. The summed E-state index contributed by atoms with van der Waals surface area (Å²) in [4.78, 5) is 4.23. The molecule has 0 unspecified atom stereocenters. The summed E-state index contributed by atoms with van der Waals surface area (Å²) < 4.78 is 65.0. The molecule has 0 radical (unpaired) electrons. The number of rotatable bonds is 4. The van der Waals surface area contributed by atoms with E-state index in [2.05, 4.69) is 4.98 Å². The molecular weight excluding hydrogens is 291 g/mol. The van der Waals surface area contributed by atoms with Crippen LogP contribution in [-0.4, -0.2) is 16.0 Å². The van der Waals surface area contributed by atoms with Gasteiger partial charge in [-0.25, -0.2) is 13.8 Å². The lowest BCUT2D eigenvalue weighted by atomic mass is 10.2. The number of alkyl halides is 5. The predicted molar refractivity (Wildman–Crippen MR) is 67.2 cm³/mol. The minimum absolute atomic E-state index is 0.126. The number of hydrogen-bond donors (Lipinski definition) is 0. The lowest BCUT2D eigenvalue weighted by Crippen LogP contribution is -2.11. The maximum atomic E-state index is 12.8. The van der Waals surface area contributed by atoms with Gasteiger partial charge in [0.25, 0.3) is 6.43 Å². The Morgan fingerprint density at radius 2 is 1.95 bits per heavy atom. The van der Waals surface area contributed by atoms with Crippen molar-refractivity contribution in [1.82, 2.24) is 9.55 Å². The average Bonchev–Trinajstić information content (AvgIpc) is 3.12. The molecule has 0 amide bonds. The molecule has 1 saturated carbocycles. The van der Waals surface area contributed by atoms with Crippen LogP contribution in [0, 0.1) is 5.92 Å². The largest absolute Gasteiger partial charge is 0.416 e. The van der Waals surface area contributed by atoms with E-state index >= 15 is 0 Å². The SMILES string of the molecule is FC(F)Cn1c(CC2CC2)nc2ccc(C(F)(F)F)cc21.